The van der Waals surface area contributed by atoms with E-state index in [1.54, 1.807) is 10.9 Å². The molecule has 0 aliphatic carbocycles. The SMILES string of the molecule is Cn1cc(-c2cnc(N)c(NCCC(NCCc3ccc(C#N)cc3)c3ccccc3)c2)cn1. The normalized spacial score (nSPS) is 11.6. The summed E-state index contributed by atoms with van der Waals surface area (Å²) in [6.45, 7) is 1.58. The number of benzene rings is 2. The average molecular weight is 452 g/mol. The van der Waals surface area contributed by atoms with Crippen LogP contribution in [-0.2, 0) is 13.5 Å². The summed E-state index contributed by atoms with van der Waals surface area (Å²) in [6, 6.07) is 22.6. The smallest absolute Gasteiger partial charge is 0.146 e. The third-order valence-corrected chi connectivity index (χ3v) is 5.79. The highest BCUT2D eigenvalue weighted by atomic mass is 15.2. The summed E-state index contributed by atoms with van der Waals surface area (Å²) in [5.41, 5.74) is 12.1. The minimum Gasteiger partial charge on any atom is -0.382 e. The number of nitrogen functional groups attached to an aromatic ring is 1. The van der Waals surface area contributed by atoms with Crippen LogP contribution in [0.3, 0.4) is 0 Å². The van der Waals surface area contributed by atoms with E-state index in [1.165, 1.54) is 11.1 Å². The molecule has 2 aromatic carbocycles. The highest BCUT2D eigenvalue weighted by molar-refractivity contribution is 5.72. The van der Waals surface area contributed by atoms with Crippen molar-refractivity contribution in [3.8, 4) is 17.2 Å². The van der Waals surface area contributed by atoms with Gasteiger partial charge in [-0.3, -0.25) is 4.68 Å². The molecule has 2 heterocycles. The lowest BCUT2D eigenvalue weighted by atomic mass is 10.0. The Hall–Kier alpha value is -4.15. The summed E-state index contributed by atoms with van der Waals surface area (Å²) in [7, 11) is 1.89. The standard InChI is InChI=1S/C27H29N7/c1-34-19-24(18-33-34)23-15-26(27(29)32-17-23)31-14-12-25(22-5-3-2-4-6-22)30-13-11-20-7-9-21(16-28)10-8-20/h2-10,15,17-19,25,30-31H,11-14H2,1H3,(H2,29,32). The Morgan fingerprint density at radius 1 is 1.03 bits per heavy atom. The first-order valence-corrected chi connectivity index (χ1v) is 11.4. The van der Waals surface area contributed by atoms with Gasteiger partial charge in [-0.2, -0.15) is 10.4 Å². The van der Waals surface area contributed by atoms with Gasteiger partial charge in [-0.05, 0) is 48.7 Å². The number of pyridine rings is 1. The fourth-order valence-electron chi connectivity index (χ4n) is 3.90. The van der Waals surface area contributed by atoms with E-state index in [1.807, 2.05) is 55.8 Å². The molecule has 172 valence electrons. The van der Waals surface area contributed by atoms with Crippen molar-refractivity contribution in [1.29, 1.82) is 5.26 Å². The number of anilines is 2. The first kappa shape index (κ1) is 23.0. The molecular weight excluding hydrogens is 422 g/mol. The number of hydrogen-bond acceptors (Lipinski definition) is 6. The molecule has 1 unspecified atom stereocenters. The van der Waals surface area contributed by atoms with Gasteiger partial charge in [-0.1, -0.05) is 42.5 Å². The minimum absolute atomic E-state index is 0.197. The summed E-state index contributed by atoms with van der Waals surface area (Å²) >= 11 is 0. The van der Waals surface area contributed by atoms with Crippen molar-refractivity contribution in [3.63, 3.8) is 0 Å². The zero-order valence-electron chi connectivity index (χ0n) is 19.3. The number of aromatic nitrogens is 3. The van der Waals surface area contributed by atoms with Crippen LogP contribution in [0.25, 0.3) is 11.1 Å². The molecule has 4 N–H and O–H groups in total. The number of nitriles is 1. The highest BCUT2D eigenvalue weighted by Gasteiger charge is 2.12. The Bertz CT molecular complexity index is 1240. The number of nitrogens with zero attached hydrogens (tertiary/aromatic N) is 4. The van der Waals surface area contributed by atoms with E-state index < -0.39 is 0 Å². The van der Waals surface area contributed by atoms with Crippen LogP contribution in [0.5, 0.6) is 0 Å². The molecule has 0 aliphatic heterocycles. The van der Waals surface area contributed by atoms with Crippen LogP contribution in [0.2, 0.25) is 0 Å². The third-order valence-electron chi connectivity index (χ3n) is 5.79. The van der Waals surface area contributed by atoms with Crippen LogP contribution in [0.1, 0.15) is 29.2 Å². The van der Waals surface area contributed by atoms with E-state index >= 15 is 0 Å². The topological polar surface area (TPSA) is 105 Å². The summed E-state index contributed by atoms with van der Waals surface area (Å²) in [5.74, 6) is 0.484. The molecule has 0 fully saturated rings. The molecule has 4 aromatic rings. The first-order valence-electron chi connectivity index (χ1n) is 11.4. The van der Waals surface area contributed by atoms with Crippen molar-refractivity contribution in [2.24, 2.45) is 7.05 Å². The van der Waals surface area contributed by atoms with Gasteiger partial charge in [0.2, 0.25) is 0 Å². The van der Waals surface area contributed by atoms with Crippen molar-refractivity contribution in [3.05, 3.63) is 95.9 Å². The molecule has 34 heavy (non-hydrogen) atoms. The largest absolute Gasteiger partial charge is 0.382 e. The molecule has 1 atom stereocenters. The second-order valence-electron chi connectivity index (χ2n) is 8.25. The third kappa shape index (κ3) is 6.00. The summed E-state index contributed by atoms with van der Waals surface area (Å²) in [5, 5.41) is 20.4. The molecule has 0 aliphatic rings. The van der Waals surface area contributed by atoms with Gasteiger partial charge >= 0.3 is 0 Å². The summed E-state index contributed by atoms with van der Waals surface area (Å²) in [6.07, 6.45) is 7.33. The average Bonchev–Trinajstić information content (AvgIpc) is 3.31. The number of aryl methyl sites for hydroxylation is 1. The van der Waals surface area contributed by atoms with Gasteiger partial charge in [-0.15, -0.1) is 0 Å². The summed E-state index contributed by atoms with van der Waals surface area (Å²) < 4.78 is 1.77. The molecule has 2 aromatic heterocycles. The van der Waals surface area contributed by atoms with E-state index in [2.05, 4.69) is 51.1 Å². The molecule has 0 saturated heterocycles. The van der Waals surface area contributed by atoms with Crippen LogP contribution in [0, 0.1) is 11.3 Å². The quantitative estimate of drug-likeness (QED) is 0.332. The highest BCUT2D eigenvalue weighted by Crippen LogP contribution is 2.25. The number of nitrogens with one attached hydrogen (secondary N) is 2. The zero-order valence-corrected chi connectivity index (χ0v) is 19.3. The van der Waals surface area contributed by atoms with E-state index in [9.17, 15) is 0 Å². The molecule has 7 heteroatoms. The van der Waals surface area contributed by atoms with Gasteiger partial charge in [0.05, 0.1) is 23.5 Å². The van der Waals surface area contributed by atoms with E-state index in [-0.39, 0.29) is 6.04 Å². The molecule has 0 saturated carbocycles. The number of hydrogen-bond donors (Lipinski definition) is 3. The van der Waals surface area contributed by atoms with Crippen LogP contribution < -0.4 is 16.4 Å². The van der Waals surface area contributed by atoms with Crippen molar-refractivity contribution < 1.29 is 0 Å². The van der Waals surface area contributed by atoms with Crippen LogP contribution in [0.15, 0.2) is 79.3 Å². The molecule has 0 radical (unpaired) electrons. The number of rotatable bonds is 10. The van der Waals surface area contributed by atoms with Crippen LogP contribution >= 0.6 is 0 Å². The lowest BCUT2D eigenvalue weighted by Crippen LogP contribution is -2.26. The Morgan fingerprint density at radius 2 is 1.82 bits per heavy atom. The van der Waals surface area contributed by atoms with E-state index in [4.69, 9.17) is 11.0 Å². The van der Waals surface area contributed by atoms with Gasteiger partial charge in [-0.25, -0.2) is 4.98 Å². The molecule has 7 nitrogen and oxygen atoms in total. The fourth-order valence-corrected chi connectivity index (χ4v) is 3.90. The maximum atomic E-state index is 8.98. The van der Waals surface area contributed by atoms with Gasteiger partial charge in [0, 0.05) is 43.2 Å². The Labute approximate surface area is 200 Å². The van der Waals surface area contributed by atoms with Gasteiger partial charge in [0.1, 0.15) is 5.82 Å². The summed E-state index contributed by atoms with van der Waals surface area (Å²) in [4.78, 5) is 4.36. The Morgan fingerprint density at radius 3 is 2.53 bits per heavy atom. The molecule has 0 bridgehead atoms. The van der Waals surface area contributed by atoms with Gasteiger partial charge in [0.15, 0.2) is 0 Å². The van der Waals surface area contributed by atoms with Gasteiger partial charge < -0.3 is 16.4 Å². The predicted molar refractivity (Wildman–Crippen MR) is 136 cm³/mol. The maximum absolute atomic E-state index is 8.98. The molecule has 4 rings (SSSR count). The van der Waals surface area contributed by atoms with Crippen LogP contribution in [-0.4, -0.2) is 27.9 Å². The zero-order chi connectivity index (χ0) is 23.8. The van der Waals surface area contributed by atoms with Crippen molar-refractivity contribution >= 4 is 11.5 Å². The first-order chi connectivity index (χ1) is 16.6. The molecule has 0 spiro atoms. The number of nitrogens with two attached hydrogens (primary N) is 1. The van der Waals surface area contributed by atoms with E-state index in [0.717, 1.165) is 42.7 Å². The van der Waals surface area contributed by atoms with Crippen molar-refractivity contribution in [2.45, 2.75) is 18.9 Å². The van der Waals surface area contributed by atoms with Crippen LogP contribution in [0.4, 0.5) is 11.5 Å². The van der Waals surface area contributed by atoms with Crippen molar-refractivity contribution in [2.75, 3.05) is 24.1 Å². The fraction of sp³-hybridized carbons (Fsp3) is 0.222. The molecular formula is C27H29N7. The second-order valence-corrected chi connectivity index (χ2v) is 8.25. The monoisotopic (exact) mass is 451 g/mol. The Balaban J connectivity index is 1.37. The predicted octanol–water partition coefficient (Wildman–Crippen LogP) is 4.31. The maximum Gasteiger partial charge on any atom is 0.146 e. The lowest BCUT2D eigenvalue weighted by Gasteiger charge is -2.20. The minimum atomic E-state index is 0.197. The van der Waals surface area contributed by atoms with Gasteiger partial charge in [0.25, 0.3) is 0 Å². The van der Waals surface area contributed by atoms with Crippen molar-refractivity contribution in [1.82, 2.24) is 20.1 Å². The Kier molecular flexibility index (Phi) is 7.53. The molecule has 0 amide bonds. The lowest BCUT2D eigenvalue weighted by molar-refractivity contribution is 0.514. The second kappa shape index (κ2) is 11.1. The van der Waals surface area contributed by atoms with E-state index in [0.29, 0.717) is 11.4 Å².